The zero-order valence-corrected chi connectivity index (χ0v) is 12.5. The monoisotopic (exact) mass is 276 g/mol. The first-order valence-electron chi connectivity index (χ1n) is 6.46. The molecule has 0 radical (unpaired) electrons. The second-order valence-corrected chi connectivity index (χ2v) is 7.40. The topological polar surface area (TPSA) is 57.7 Å². The number of carbonyl (C=O) groups is 1. The van der Waals surface area contributed by atoms with Crippen LogP contribution in [0, 0.1) is 5.92 Å². The second-order valence-electron chi connectivity index (χ2n) is 5.47. The van der Waals surface area contributed by atoms with Gasteiger partial charge in [0.1, 0.15) is 0 Å². The minimum atomic E-state index is -3.32. The van der Waals surface area contributed by atoms with E-state index in [2.05, 4.69) is 6.92 Å². The third-order valence-electron chi connectivity index (χ3n) is 3.43. The van der Waals surface area contributed by atoms with Crippen molar-refractivity contribution in [3.05, 3.63) is 0 Å². The van der Waals surface area contributed by atoms with Gasteiger partial charge in [-0.15, -0.1) is 0 Å². The Kier molecular flexibility index (Phi) is 5.16. The van der Waals surface area contributed by atoms with Gasteiger partial charge in [0, 0.05) is 19.1 Å². The molecule has 18 heavy (non-hydrogen) atoms. The molecule has 0 spiro atoms. The smallest absolute Gasteiger partial charge is 0.237 e. The zero-order valence-electron chi connectivity index (χ0n) is 11.7. The van der Waals surface area contributed by atoms with E-state index in [9.17, 15) is 13.2 Å². The van der Waals surface area contributed by atoms with Crippen LogP contribution in [-0.2, 0) is 14.8 Å². The van der Waals surface area contributed by atoms with Crippen LogP contribution in [0.5, 0.6) is 0 Å². The summed E-state index contributed by atoms with van der Waals surface area (Å²) in [5.74, 6) is 0.575. The minimum absolute atomic E-state index is 0.0368. The van der Waals surface area contributed by atoms with Crippen LogP contribution in [0.2, 0.25) is 0 Å². The number of amides is 1. The molecule has 6 heteroatoms. The third-order valence-corrected chi connectivity index (χ3v) is 4.83. The predicted octanol–water partition coefficient (Wildman–Crippen LogP) is 0.915. The number of hydrogen-bond donors (Lipinski definition) is 0. The highest BCUT2D eigenvalue weighted by Crippen LogP contribution is 2.16. The summed E-state index contributed by atoms with van der Waals surface area (Å²) in [6.07, 6.45) is 3.16. The van der Waals surface area contributed by atoms with Crippen LogP contribution in [-0.4, -0.2) is 55.5 Å². The number of nitrogens with zero attached hydrogens (tertiary/aromatic N) is 2. The third kappa shape index (κ3) is 4.24. The Labute approximate surface area is 110 Å². The van der Waals surface area contributed by atoms with Crippen molar-refractivity contribution in [2.24, 2.45) is 5.92 Å². The fourth-order valence-electron chi connectivity index (χ4n) is 2.17. The van der Waals surface area contributed by atoms with Gasteiger partial charge in [-0.3, -0.25) is 4.79 Å². The SMILES string of the molecule is CC1CCN(C(=O)CN(C(C)C)S(C)(=O)=O)CC1. The molecule has 1 aliphatic heterocycles. The molecule has 1 rings (SSSR count). The first-order chi connectivity index (χ1) is 8.21. The van der Waals surface area contributed by atoms with Crippen LogP contribution in [0.1, 0.15) is 33.6 Å². The van der Waals surface area contributed by atoms with Crippen LogP contribution in [0.25, 0.3) is 0 Å². The summed E-state index contributed by atoms with van der Waals surface area (Å²) in [5.41, 5.74) is 0. The average Bonchev–Trinajstić information content (AvgIpc) is 2.24. The number of likely N-dealkylation sites (tertiary alicyclic amines) is 1. The molecule has 1 saturated heterocycles. The molecule has 0 aromatic carbocycles. The number of carbonyl (C=O) groups excluding carboxylic acids is 1. The van der Waals surface area contributed by atoms with E-state index in [-0.39, 0.29) is 18.5 Å². The van der Waals surface area contributed by atoms with Gasteiger partial charge in [0.2, 0.25) is 15.9 Å². The molecule has 1 fully saturated rings. The lowest BCUT2D eigenvalue weighted by atomic mass is 9.99. The van der Waals surface area contributed by atoms with Crippen molar-refractivity contribution >= 4 is 15.9 Å². The Morgan fingerprint density at radius 2 is 1.83 bits per heavy atom. The molecule has 1 heterocycles. The maximum Gasteiger partial charge on any atom is 0.237 e. The quantitative estimate of drug-likeness (QED) is 0.767. The molecule has 0 aromatic heterocycles. The molecule has 0 unspecified atom stereocenters. The normalized spacial score (nSPS) is 18.7. The van der Waals surface area contributed by atoms with E-state index in [1.54, 1.807) is 18.7 Å². The number of rotatable bonds is 4. The first kappa shape index (κ1) is 15.4. The lowest BCUT2D eigenvalue weighted by molar-refractivity contribution is -0.133. The molecule has 0 N–H and O–H groups in total. The molecule has 0 bridgehead atoms. The van der Waals surface area contributed by atoms with Gasteiger partial charge < -0.3 is 4.90 Å². The molecule has 0 atom stereocenters. The Bertz CT molecular complexity index is 384. The molecule has 0 aliphatic carbocycles. The molecular formula is C12H24N2O3S. The molecule has 1 aliphatic rings. The first-order valence-corrected chi connectivity index (χ1v) is 8.31. The van der Waals surface area contributed by atoms with E-state index in [4.69, 9.17) is 0 Å². The lowest BCUT2D eigenvalue weighted by Crippen LogP contribution is -2.47. The maximum absolute atomic E-state index is 12.1. The van der Waals surface area contributed by atoms with Crippen LogP contribution < -0.4 is 0 Å². The molecular weight excluding hydrogens is 252 g/mol. The minimum Gasteiger partial charge on any atom is -0.342 e. The second kappa shape index (κ2) is 6.02. The summed E-state index contributed by atoms with van der Waals surface area (Å²) < 4.78 is 24.5. The fraction of sp³-hybridized carbons (Fsp3) is 0.917. The number of sulfonamides is 1. The highest BCUT2D eigenvalue weighted by molar-refractivity contribution is 7.88. The Morgan fingerprint density at radius 3 is 2.22 bits per heavy atom. The van der Waals surface area contributed by atoms with Crippen molar-refractivity contribution in [3.63, 3.8) is 0 Å². The summed E-state index contributed by atoms with van der Waals surface area (Å²) in [4.78, 5) is 13.9. The van der Waals surface area contributed by atoms with Gasteiger partial charge in [-0.25, -0.2) is 8.42 Å². The molecule has 5 nitrogen and oxygen atoms in total. The predicted molar refractivity (Wildman–Crippen MR) is 71.7 cm³/mol. The highest BCUT2D eigenvalue weighted by Gasteiger charge is 2.27. The van der Waals surface area contributed by atoms with Gasteiger partial charge in [-0.05, 0) is 32.6 Å². The lowest BCUT2D eigenvalue weighted by Gasteiger charge is -2.32. The largest absolute Gasteiger partial charge is 0.342 e. The van der Waals surface area contributed by atoms with Crippen molar-refractivity contribution in [3.8, 4) is 0 Å². The van der Waals surface area contributed by atoms with E-state index >= 15 is 0 Å². The van der Waals surface area contributed by atoms with E-state index in [0.29, 0.717) is 5.92 Å². The van der Waals surface area contributed by atoms with Crippen molar-refractivity contribution in [2.45, 2.75) is 39.7 Å². The van der Waals surface area contributed by atoms with Crippen molar-refractivity contribution in [2.75, 3.05) is 25.9 Å². The highest BCUT2D eigenvalue weighted by atomic mass is 32.2. The van der Waals surface area contributed by atoms with Crippen LogP contribution in [0.4, 0.5) is 0 Å². The summed E-state index contributed by atoms with van der Waals surface area (Å²) in [6, 6.07) is -0.187. The standard InChI is InChI=1S/C12H24N2O3S/c1-10(2)14(18(4,16)17)9-12(15)13-7-5-11(3)6-8-13/h10-11H,5-9H2,1-4H3. The summed E-state index contributed by atoms with van der Waals surface area (Å²) in [5, 5.41) is 0. The van der Waals surface area contributed by atoms with Crippen LogP contribution in [0.15, 0.2) is 0 Å². The van der Waals surface area contributed by atoms with Crippen molar-refractivity contribution in [1.29, 1.82) is 0 Å². The summed E-state index contributed by atoms with van der Waals surface area (Å²) >= 11 is 0. The van der Waals surface area contributed by atoms with Gasteiger partial charge in [0.05, 0.1) is 12.8 Å². The van der Waals surface area contributed by atoms with Crippen LogP contribution in [0.3, 0.4) is 0 Å². The average molecular weight is 276 g/mol. The van der Waals surface area contributed by atoms with Crippen molar-refractivity contribution < 1.29 is 13.2 Å². The maximum atomic E-state index is 12.1. The summed E-state index contributed by atoms with van der Waals surface area (Å²) in [6.45, 7) is 7.20. The van der Waals surface area contributed by atoms with Gasteiger partial charge >= 0.3 is 0 Å². The van der Waals surface area contributed by atoms with Gasteiger partial charge in [-0.1, -0.05) is 6.92 Å². The molecule has 106 valence electrons. The molecule has 0 aromatic rings. The number of hydrogen-bond acceptors (Lipinski definition) is 3. The zero-order chi connectivity index (χ0) is 13.9. The molecule has 1 amide bonds. The van der Waals surface area contributed by atoms with Gasteiger partial charge in [0.25, 0.3) is 0 Å². The Morgan fingerprint density at radius 1 is 1.33 bits per heavy atom. The van der Waals surface area contributed by atoms with E-state index < -0.39 is 10.0 Å². The summed E-state index contributed by atoms with van der Waals surface area (Å²) in [7, 11) is -3.32. The van der Waals surface area contributed by atoms with Crippen LogP contribution >= 0.6 is 0 Å². The van der Waals surface area contributed by atoms with E-state index in [1.165, 1.54) is 4.31 Å². The van der Waals surface area contributed by atoms with E-state index in [1.807, 2.05) is 0 Å². The van der Waals surface area contributed by atoms with Gasteiger partial charge in [0.15, 0.2) is 0 Å². The Balaban J connectivity index is 2.62. The Hall–Kier alpha value is -0.620. The number of piperidine rings is 1. The van der Waals surface area contributed by atoms with Gasteiger partial charge in [-0.2, -0.15) is 4.31 Å². The fourth-order valence-corrected chi connectivity index (χ4v) is 3.28. The van der Waals surface area contributed by atoms with E-state index in [0.717, 1.165) is 32.2 Å². The van der Waals surface area contributed by atoms with Crippen molar-refractivity contribution in [1.82, 2.24) is 9.21 Å². The molecule has 0 saturated carbocycles.